The molecule has 0 aliphatic rings. The van der Waals surface area contributed by atoms with E-state index in [9.17, 15) is 22.8 Å². The Kier molecular flexibility index (Phi) is 5.94. The van der Waals surface area contributed by atoms with E-state index >= 15 is 0 Å². The second-order valence-electron chi connectivity index (χ2n) is 5.94. The van der Waals surface area contributed by atoms with Gasteiger partial charge >= 0.3 is 6.18 Å². The van der Waals surface area contributed by atoms with Crippen molar-refractivity contribution < 1.29 is 22.8 Å². The molecule has 0 aromatic carbocycles. The number of carbonyl (C=O) groups excluding carboxylic acids is 2. The smallest absolute Gasteiger partial charge is 0.310 e. The molecule has 1 unspecified atom stereocenters. The first-order valence-electron chi connectivity index (χ1n) is 8.16. The van der Waals surface area contributed by atoms with E-state index in [1.807, 2.05) is 0 Å². The summed E-state index contributed by atoms with van der Waals surface area (Å²) < 4.78 is 37.9. The third-order valence-electron chi connectivity index (χ3n) is 3.71. The summed E-state index contributed by atoms with van der Waals surface area (Å²) in [5.41, 5.74) is 1.30. The van der Waals surface area contributed by atoms with Gasteiger partial charge in [-0.3, -0.25) is 14.6 Å². The summed E-state index contributed by atoms with van der Waals surface area (Å²) in [7, 11) is 0. The number of amides is 2. The van der Waals surface area contributed by atoms with Crippen molar-refractivity contribution in [1.29, 1.82) is 0 Å². The molecular weight excluding hydrogens is 427 g/mol. The Balaban J connectivity index is 1.68. The molecule has 152 valence electrons. The fourth-order valence-electron chi connectivity index (χ4n) is 2.24. The number of alkyl halides is 3. The highest BCUT2D eigenvalue weighted by molar-refractivity contribution is 7.15. The molecule has 0 radical (unpaired) electrons. The molecular formula is C17H14F3N5O2S2. The van der Waals surface area contributed by atoms with E-state index in [4.69, 9.17) is 0 Å². The quantitative estimate of drug-likeness (QED) is 0.613. The van der Waals surface area contributed by atoms with Gasteiger partial charge in [-0.1, -0.05) is 11.3 Å². The van der Waals surface area contributed by atoms with Crippen LogP contribution >= 0.6 is 22.7 Å². The maximum Gasteiger partial charge on any atom is 0.427 e. The van der Waals surface area contributed by atoms with Crippen molar-refractivity contribution in [2.24, 2.45) is 0 Å². The van der Waals surface area contributed by atoms with Crippen molar-refractivity contribution in [3.8, 4) is 11.3 Å². The number of hydrogen-bond acceptors (Lipinski definition) is 7. The maximum atomic E-state index is 12.6. The highest BCUT2D eigenvalue weighted by atomic mass is 32.1. The highest BCUT2D eigenvalue weighted by Crippen LogP contribution is 2.36. The van der Waals surface area contributed by atoms with Crippen LogP contribution in [0.4, 0.5) is 24.1 Å². The highest BCUT2D eigenvalue weighted by Gasteiger charge is 2.33. The molecule has 0 spiro atoms. The zero-order valence-corrected chi connectivity index (χ0v) is 16.7. The van der Waals surface area contributed by atoms with Gasteiger partial charge in [-0.25, -0.2) is 9.97 Å². The van der Waals surface area contributed by atoms with Crippen LogP contribution in [0.1, 0.15) is 29.5 Å². The summed E-state index contributed by atoms with van der Waals surface area (Å²) in [4.78, 5) is 35.1. The molecule has 29 heavy (non-hydrogen) atoms. The predicted octanol–water partition coefficient (Wildman–Crippen LogP) is 4.38. The summed E-state index contributed by atoms with van der Waals surface area (Å²) in [6.45, 7) is 3.01. The van der Waals surface area contributed by atoms with Gasteiger partial charge in [-0.05, 0) is 13.0 Å². The lowest BCUT2D eigenvalue weighted by molar-refractivity contribution is -0.134. The lowest BCUT2D eigenvalue weighted by Crippen LogP contribution is -2.17. The molecule has 12 heteroatoms. The van der Waals surface area contributed by atoms with Gasteiger partial charge < -0.3 is 10.6 Å². The Bertz CT molecular complexity index is 1030. The molecule has 2 amide bonds. The Labute approximate surface area is 171 Å². The van der Waals surface area contributed by atoms with Gasteiger partial charge in [0.25, 0.3) is 0 Å². The fraction of sp³-hybridized carbons (Fsp3) is 0.235. The second-order valence-corrected chi connectivity index (χ2v) is 7.92. The minimum atomic E-state index is -4.49. The first-order valence-corrected chi connectivity index (χ1v) is 9.85. The molecule has 0 fully saturated rings. The number of halogens is 3. The second kappa shape index (κ2) is 8.25. The standard InChI is InChI=1S/C17H14F3N5O2S2/c1-8(15(27)25-16-23-5-13(29-16)17(18,19)20)12-3-10(7-28-12)11-4-22-14(6-21-11)24-9(2)26/h3-8H,1-2H3,(H,22,24,26)(H,23,25,27). The lowest BCUT2D eigenvalue weighted by Gasteiger charge is -2.08. The maximum absolute atomic E-state index is 12.6. The molecule has 0 bridgehead atoms. The van der Waals surface area contributed by atoms with Crippen LogP contribution in [-0.2, 0) is 15.8 Å². The SMILES string of the molecule is CC(=O)Nc1cnc(-c2csc(C(C)C(=O)Nc3ncc(C(F)(F)F)s3)c2)cn1. The number of thiazole rings is 1. The van der Waals surface area contributed by atoms with Crippen LogP contribution in [0.25, 0.3) is 11.3 Å². The Morgan fingerprint density at radius 2 is 1.86 bits per heavy atom. The molecule has 0 aliphatic heterocycles. The normalized spacial score (nSPS) is 12.4. The fourth-order valence-corrected chi connectivity index (χ4v) is 3.89. The van der Waals surface area contributed by atoms with E-state index in [2.05, 4.69) is 25.6 Å². The first-order chi connectivity index (χ1) is 13.6. The number of hydrogen-bond donors (Lipinski definition) is 2. The van der Waals surface area contributed by atoms with Crippen molar-refractivity contribution in [2.45, 2.75) is 25.9 Å². The van der Waals surface area contributed by atoms with Crippen LogP contribution in [0.5, 0.6) is 0 Å². The number of anilines is 2. The molecule has 3 aromatic rings. The van der Waals surface area contributed by atoms with Gasteiger partial charge in [0.2, 0.25) is 11.8 Å². The Morgan fingerprint density at radius 3 is 2.45 bits per heavy atom. The number of carbonyl (C=O) groups is 2. The average molecular weight is 441 g/mol. The minimum Gasteiger partial charge on any atom is -0.310 e. The molecule has 3 aromatic heterocycles. The molecule has 0 aliphatic carbocycles. The van der Waals surface area contributed by atoms with Gasteiger partial charge in [-0.2, -0.15) is 13.2 Å². The van der Waals surface area contributed by atoms with Gasteiger partial charge in [0.15, 0.2) is 10.9 Å². The number of aromatic nitrogens is 3. The van der Waals surface area contributed by atoms with Crippen LogP contribution in [0.15, 0.2) is 30.0 Å². The molecule has 7 nitrogen and oxygen atoms in total. The van der Waals surface area contributed by atoms with Crippen molar-refractivity contribution in [1.82, 2.24) is 15.0 Å². The number of nitrogens with one attached hydrogen (secondary N) is 2. The first kappa shape index (κ1) is 20.9. The van der Waals surface area contributed by atoms with Crippen LogP contribution in [-0.4, -0.2) is 26.8 Å². The zero-order valence-electron chi connectivity index (χ0n) is 15.1. The predicted molar refractivity (Wildman–Crippen MR) is 104 cm³/mol. The lowest BCUT2D eigenvalue weighted by atomic mass is 10.1. The van der Waals surface area contributed by atoms with Gasteiger partial charge in [0.1, 0.15) is 4.88 Å². The van der Waals surface area contributed by atoms with E-state index in [-0.39, 0.29) is 11.0 Å². The van der Waals surface area contributed by atoms with Gasteiger partial charge in [-0.15, -0.1) is 11.3 Å². The number of rotatable bonds is 5. The molecule has 3 rings (SSSR count). The number of thiophene rings is 1. The molecule has 3 heterocycles. The molecule has 2 N–H and O–H groups in total. The summed E-state index contributed by atoms with van der Waals surface area (Å²) in [5, 5.41) is 6.62. The van der Waals surface area contributed by atoms with Crippen LogP contribution in [0, 0.1) is 0 Å². The molecule has 0 saturated carbocycles. The summed E-state index contributed by atoms with van der Waals surface area (Å²) in [6, 6.07) is 1.76. The largest absolute Gasteiger partial charge is 0.427 e. The van der Waals surface area contributed by atoms with Crippen molar-refractivity contribution in [3.05, 3.63) is 39.8 Å². The van der Waals surface area contributed by atoms with Crippen LogP contribution < -0.4 is 10.6 Å². The molecule has 0 saturated heterocycles. The third kappa shape index (κ3) is 5.15. The van der Waals surface area contributed by atoms with E-state index in [1.165, 1.54) is 30.7 Å². The van der Waals surface area contributed by atoms with E-state index < -0.39 is 22.9 Å². The zero-order chi connectivity index (χ0) is 21.2. The summed E-state index contributed by atoms with van der Waals surface area (Å²) in [5.74, 6) is -0.995. The van der Waals surface area contributed by atoms with Crippen LogP contribution in [0.2, 0.25) is 0 Å². The summed E-state index contributed by atoms with van der Waals surface area (Å²) in [6.07, 6.45) is -0.885. The minimum absolute atomic E-state index is 0.106. The molecule has 1 atom stereocenters. The van der Waals surface area contributed by atoms with Gasteiger partial charge in [0, 0.05) is 22.7 Å². The number of nitrogens with zero attached hydrogens (tertiary/aromatic N) is 3. The monoisotopic (exact) mass is 441 g/mol. The summed E-state index contributed by atoms with van der Waals surface area (Å²) >= 11 is 1.70. The third-order valence-corrected chi connectivity index (χ3v) is 5.78. The Morgan fingerprint density at radius 1 is 1.10 bits per heavy atom. The van der Waals surface area contributed by atoms with Crippen molar-refractivity contribution >= 4 is 45.4 Å². The van der Waals surface area contributed by atoms with Crippen LogP contribution in [0.3, 0.4) is 0 Å². The van der Waals surface area contributed by atoms with Crippen molar-refractivity contribution in [3.63, 3.8) is 0 Å². The van der Waals surface area contributed by atoms with E-state index in [1.54, 1.807) is 18.4 Å². The van der Waals surface area contributed by atoms with E-state index in [0.717, 1.165) is 5.56 Å². The Hall–Kier alpha value is -2.86. The average Bonchev–Trinajstić information content (AvgIpc) is 3.30. The topological polar surface area (TPSA) is 96.9 Å². The van der Waals surface area contributed by atoms with Gasteiger partial charge in [0.05, 0.1) is 30.2 Å². The van der Waals surface area contributed by atoms with Crippen molar-refractivity contribution in [2.75, 3.05) is 10.6 Å². The van der Waals surface area contributed by atoms with E-state index in [0.29, 0.717) is 33.9 Å².